The van der Waals surface area contributed by atoms with Crippen molar-refractivity contribution in [3.05, 3.63) is 0 Å². The number of nitrogens with zero attached hydrogens (tertiary/aromatic N) is 2. The molecule has 0 aliphatic carbocycles. The van der Waals surface area contributed by atoms with Crippen LogP contribution in [0.3, 0.4) is 0 Å². The van der Waals surface area contributed by atoms with Gasteiger partial charge in [-0.05, 0) is 6.42 Å². The van der Waals surface area contributed by atoms with Crippen LogP contribution in [0.4, 0.5) is 4.79 Å². The summed E-state index contributed by atoms with van der Waals surface area (Å²) in [6.07, 6.45) is 0.354. The van der Waals surface area contributed by atoms with Gasteiger partial charge in [-0.25, -0.2) is 10.6 Å². The van der Waals surface area contributed by atoms with Gasteiger partial charge in [0.2, 0.25) is 5.91 Å². The second-order valence-electron chi connectivity index (χ2n) is 3.27. The molecule has 3 N–H and O–H groups in total. The highest BCUT2D eigenvalue weighted by Gasteiger charge is 2.41. The number of carbonyl (C=O) groups is 4. The van der Waals surface area contributed by atoms with Crippen LogP contribution in [0.5, 0.6) is 0 Å². The second kappa shape index (κ2) is 4.71. The van der Waals surface area contributed by atoms with Crippen molar-refractivity contribution in [2.45, 2.75) is 12.8 Å². The molecule has 1 heterocycles. The fourth-order valence-corrected chi connectivity index (χ4v) is 1.28. The fourth-order valence-electron chi connectivity index (χ4n) is 1.28. The van der Waals surface area contributed by atoms with Crippen LogP contribution >= 0.6 is 0 Å². The fraction of sp³-hybridized carbons (Fsp3) is 0.500. The van der Waals surface area contributed by atoms with Gasteiger partial charge in [0.1, 0.15) is 0 Å². The lowest BCUT2D eigenvalue weighted by molar-refractivity contribution is -0.142. The highest BCUT2D eigenvalue weighted by Crippen LogP contribution is 2.10. The van der Waals surface area contributed by atoms with Gasteiger partial charge in [-0.15, -0.1) is 0 Å². The monoisotopic (exact) mass is 228 g/mol. The molecule has 0 bridgehead atoms. The molecule has 16 heavy (non-hydrogen) atoms. The molecule has 8 heteroatoms. The molecule has 8 nitrogen and oxygen atoms in total. The zero-order valence-corrected chi connectivity index (χ0v) is 8.73. The minimum Gasteiger partial charge on any atom is -0.294 e. The van der Waals surface area contributed by atoms with E-state index < -0.39 is 23.8 Å². The molecule has 1 rings (SSSR count). The van der Waals surface area contributed by atoms with Gasteiger partial charge in [-0.3, -0.25) is 29.6 Å². The van der Waals surface area contributed by atoms with E-state index in [1.54, 1.807) is 0 Å². The van der Waals surface area contributed by atoms with Crippen molar-refractivity contribution < 1.29 is 19.2 Å². The Bertz CT molecular complexity index is 354. The first-order chi connectivity index (χ1) is 7.49. The molecule has 5 amide bonds. The third-order valence-corrected chi connectivity index (χ3v) is 2.20. The van der Waals surface area contributed by atoms with Crippen LogP contribution in [-0.4, -0.2) is 47.1 Å². The summed E-state index contributed by atoms with van der Waals surface area (Å²) in [7, 11) is 1.23. The maximum Gasteiger partial charge on any atom is 0.333 e. The van der Waals surface area contributed by atoms with Crippen molar-refractivity contribution in [3.63, 3.8) is 0 Å². The van der Waals surface area contributed by atoms with Crippen molar-refractivity contribution in [1.82, 2.24) is 15.2 Å². The average Bonchev–Trinajstić information content (AvgIpc) is 2.46. The van der Waals surface area contributed by atoms with E-state index >= 15 is 0 Å². The van der Waals surface area contributed by atoms with E-state index in [4.69, 9.17) is 5.84 Å². The molecule has 88 valence electrons. The van der Waals surface area contributed by atoms with Crippen LogP contribution < -0.4 is 11.3 Å². The Balaban J connectivity index is 2.49. The standard InChI is InChI=1S/C8H12N4O4/c1-11-6(14)7(15)12(8(11)16)4-2-3-5(13)10-9/h2-4,9H2,1H3,(H,10,13). The molecule has 0 aromatic heterocycles. The van der Waals surface area contributed by atoms with Gasteiger partial charge in [0.25, 0.3) is 0 Å². The summed E-state index contributed by atoms with van der Waals surface area (Å²) in [4.78, 5) is 46.0. The quantitative estimate of drug-likeness (QED) is 0.193. The Kier molecular flexibility index (Phi) is 3.56. The Hall–Kier alpha value is -1.96. The molecule has 0 aromatic carbocycles. The largest absolute Gasteiger partial charge is 0.333 e. The number of urea groups is 1. The van der Waals surface area contributed by atoms with Crippen LogP contribution in [0.25, 0.3) is 0 Å². The topological polar surface area (TPSA) is 113 Å². The third kappa shape index (κ3) is 2.16. The summed E-state index contributed by atoms with van der Waals surface area (Å²) >= 11 is 0. The van der Waals surface area contributed by atoms with E-state index in [1.165, 1.54) is 7.05 Å². The predicted molar refractivity (Wildman–Crippen MR) is 51.4 cm³/mol. The van der Waals surface area contributed by atoms with E-state index in [0.717, 1.165) is 9.80 Å². The van der Waals surface area contributed by atoms with Crippen molar-refractivity contribution >= 4 is 23.8 Å². The van der Waals surface area contributed by atoms with Gasteiger partial charge < -0.3 is 0 Å². The zero-order valence-electron chi connectivity index (χ0n) is 8.73. The summed E-state index contributed by atoms with van der Waals surface area (Å²) in [6, 6.07) is -0.664. The Morgan fingerprint density at radius 2 is 1.94 bits per heavy atom. The first kappa shape index (κ1) is 12.1. The van der Waals surface area contributed by atoms with Gasteiger partial charge in [0.05, 0.1) is 0 Å². The third-order valence-electron chi connectivity index (χ3n) is 2.20. The number of hydrogen-bond donors (Lipinski definition) is 2. The number of nitrogens with two attached hydrogens (primary N) is 1. The summed E-state index contributed by atoms with van der Waals surface area (Å²) < 4.78 is 0. The summed E-state index contributed by atoms with van der Waals surface area (Å²) in [5.74, 6) is 2.75. The molecule has 1 aliphatic rings. The van der Waals surface area contributed by atoms with Gasteiger partial charge in [0, 0.05) is 20.0 Å². The maximum atomic E-state index is 11.4. The van der Waals surface area contributed by atoms with Crippen LogP contribution in [-0.2, 0) is 14.4 Å². The van der Waals surface area contributed by atoms with Crippen LogP contribution in [0.1, 0.15) is 12.8 Å². The van der Waals surface area contributed by atoms with E-state index in [2.05, 4.69) is 0 Å². The zero-order chi connectivity index (χ0) is 12.3. The number of hydrazine groups is 1. The van der Waals surface area contributed by atoms with E-state index in [-0.39, 0.29) is 19.4 Å². The molecule has 1 fully saturated rings. The average molecular weight is 228 g/mol. The number of nitrogens with one attached hydrogen (secondary N) is 1. The number of imide groups is 2. The normalized spacial score (nSPS) is 16.0. The van der Waals surface area contributed by atoms with Gasteiger partial charge in [0.15, 0.2) is 0 Å². The molecule has 0 radical (unpaired) electrons. The lowest BCUT2D eigenvalue weighted by Gasteiger charge is -2.11. The summed E-state index contributed by atoms with van der Waals surface area (Å²) in [6.45, 7) is 0.0289. The van der Waals surface area contributed by atoms with Crippen molar-refractivity contribution in [2.75, 3.05) is 13.6 Å². The molecule has 0 unspecified atom stereocenters. The van der Waals surface area contributed by atoms with Crippen LogP contribution in [0.15, 0.2) is 0 Å². The predicted octanol–water partition coefficient (Wildman–Crippen LogP) is -1.82. The molecule has 0 atom stereocenters. The molecular weight excluding hydrogens is 216 g/mol. The van der Waals surface area contributed by atoms with Gasteiger partial charge in [-0.1, -0.05) is 0 Å². The van der Waals surface area contributed by atoms with E-state index in [1.807, 2.05) is 5.43 Å². The molecular formula is C8H12N4O4. The number of likely N-dealkylation sites (N-methyl/N-ethyl adjacent to an activating group) is 1. The van der Waals surface area contributed by atoms with Crippen LogP contribution in [0, 0.1) is 0 Å². The summed E-state index contributed by atoms with van der Waals surface area (Å²) in [5.41, 5.74) is 1.93. The van der Waals surface area contributed by atoms with Crippen molar-refractivity contribution in [1.29, 1.82) is 0 Å². The maximum absolute atomic E-state index is 11.4. The lowest BCUT2D eigenvalue weighted by Crippen LogP contribution is -2.34. The Labute approximate surface area is 91.3 Å². The van der Waals surface area contributed by atoms with Gasteiger partial charge >= 0.3 is 17.8 Å². The Morgan fingerprint density at radius 1 is 1.31 bits per heavy atom. The molecule has 0 aromatic rings. The molecule has 1 saturated heterocycles. The lowest BCUT2D eigenvalue weighted by atomic mass is 10.3. The van der Waals surface area contributed by atoms with Crippen LogP contribution in [0.2, 0.25) is 0 Å². The Morgan fingerprint density at radius 3 is 2.38 bits per heavy atom. The molecule has 0 saturated carbocycles. The number of amides is 5. The van der Waals surface area contributed by atoms with Crippen molar-refractivity contribution in [3.8, 4) is 0 Å². The smallest absolute Gasteiger partial charge is 0.294 e. The van der Waals surface area contributed by atoms with E-state index in [9.17, 15) is 19.2 Å². The highest BCUT2D eigenvalue weighted by molar-refractivity contribution is 6.44. The summed E-state index contributed by atoms with van der Waals surface area (Å²) in [5, 5.41) is 0. The molecule has 1 aliphatic heterocycles. The number of rotatable bonds is 4. The van der Waals surface area contributed by atoms with E-state index in [0.29, 0.717) is 0 Å². The van der Waals surface area contributed by atoms with Crippen molar-refractivity contribution in [2.24, 2.45) is 5.84 Å². The minimum atomic E-state index is -0.861. The van der Waals surface area contributed by atoms with Gasteiger partial charge in [-0.2, -0.15) is 0 Å². The highest BCUT2D eigenvalue weighted by atomic mass is 16.2. The molecule has 0 spiro atoms. The second-order valence-corrected chi connectivity index (χ2v) is 3.27. The first-order valence-corrected chi connectivity index (χ1v) is 4.62. The number of hydrogen-bond acceptors (Lipinski definition) is 5. The minimum absolute atomic E-state index is 0.0289. The SMILES string of the molecule is CN1C(=O)C(=O)N(CCCC(=O)NN)C1=O. The first-order valence-electron chi connectivity index (χ1n) is 4.62. The number of carbonyl (C=O) groups excluding carboxylic acids is 4.